The average molecular weight is 365 g/mol. The second-order valence-corrected chi connectivity index (χ2v) is 7.93. The number of benzene rings is 2. The van der Waals surface area contributed by atoms with Crippen molar-refractivity contribution in [3.05, 3.63) is 59.7 Å². The molecule has 0 fully saturated rings. The topological polar surface area (TPSA) is 29.3 Å². The third-order valence-electron chi connectivity index (χ3n) is 5.86. The van der Waals surface area contributed by atoms with E-state index in [-0.39, 0.29) is 6.04 Å². The van der Waals surface area contributed by atoms with Crippen LogP contribution in [0.4, 0.5) is 11.4 Å². The highest BCUT2D eigenvalue weighted by atomic mass is 15.1. The van der Waals surface area contributed by atoms with Gasteiger partial charge >= 0.3 is 0 Å². The monoisotopic (exact) mass is 364 g/mol. The molecule has 0 aromatic heterocycles. The second kappa shape index (κ2) is 10.5. The van der Waals surface area contributed by atoms with Crippen LogP contribution < -0.4 is 10.6 Å². The van der Waals surface area contributed by atoms with Crippen molar-refractivity contribution in [2.45, 2.75) is 77.2 Å². The standard InChI is InChI=1S/C25H36N2/c1-2-3-4-5-6-7-8-9-10-15-20-27-23-18-13-11-16-21(23)25(26)22-17-12-14-19-24(22)27/h11-14,16-19,25H,2-10,15,20,26H2,1H3. The molecule has 2 nitrogen and oxygen atoms in total. The van der Waals surface area contributed by atoms with Crippen molar-refractivity contribution in [3.8, 4) is 0 Å². The summed E-state index contributed by atoms with van der Waals surface area (Å²) < 4.78 is 0. The van der Waals surface area contributed by atoms with Crippen molar-refractivity contribution in [1.29, 1.82) is 0 Å². The summed E-state index contributed by atoms with van der Waals surface area (Å²) in [6.45, 7) is 3.37. The molecule has 0 radical (unpaired) electrons. The maximum Gasteiger partial charge on any atom is 0.0593 e. The van der Waals surface area contributed by atoms with Crippen molar-refractivity contribution >= 4 is 11.4 Å². The van der Waals surface area contributed by atoms with Gasteiger partial charge in [-0.05, 0) is 29.7 Å². The first-order chi connectivity index (χ1) is 13.3. The minimum Gasteiger partial charge on any atom is -0.341 e. The van der Waals surface area contributed by atoms with Gasteiger partial charge in [-0.1, -0.05) is 101 Å². The predicted molar refractivity (Wildman–Crippen MR) is 118 cm³/mol. The molecule has 1 aliphatic rings. The fourth-order valence-electron chi connectivity index (χ4n) is 4.29. The minimum absolute atomic E-state index is 0.0126. The molecule has 0 saturated heterocycles. The lowest BCUT2D eigenvalue weighted by molar-refractivity contribution is 0.557. The van der Waals surface area contributed by atoms with E-state index in [4.69, 9.17) is 5.73 Å². The summed E-state index contributed by atoms with van der Waals surface area (Å²) in [7, 11) is 0. The summed E-state index contributed by atoms with van der Waals surface area (Å²) in [5, 5.41) is 0. The largest absolute Gasteiger partial charge is 0.341 e. The van der Waals surface area contributed by atoms with Gasteiger partial charge in [0.2, 0.25) is 0 Å². The lowest BCUT2D eigenvalue weighted by Gasteiger charge is -2.36. The molecule has 0 amide bonds. The van der Waals surface area contributed by atoms with E-state index >= 15 is 0 Å². The van der Waals surface area contributed by atoms with Crippen LogP contribution in [-0.4, -0.2) is 6.54 Å². The maximum absolute atomic E-state index is 6.55. The highest BCUT2D eigenvalue weighted by molar-refractivity contribution is 5.75. The zero-order chi connectivity index (χ0) is 18.9. The lowest BCUT2D eigenvalue weighted by Crippen LogP contribution is -2.29. The number of nitrogens with two attached hydrogens (primary N) is 1. The number of nitrogens with zero attached hydrogens (tertiary/aromatic N) is 1. The van der Waals surface area contributed by atoms with Crippen molar-refractivity contribution in [2.24, 2.45) is 5.73 Å². The normalized spacial score (nSPS) is 13.5. The smallest absolute Gasteiger partial charge is 0.0593 e. The molecule has 2 N–H and O–H groups in total. The van der Waals surface area contributed by atoms with E-state index in [1.807, 2.05) is 0 Å². The van der Waals surface area contributed by atoms with Crippen LogP contribution in [0, 0.1) is 0 Å². The van der Waals surface area contributed by atoms with E-state index in [1.54, 1.807) is 0 Å². The molecule has 0 spiro atoms. The van der Waals surface area contributed by atoms with Crippen LogP contribution in [0.25, 0.3) is 0 Å². The number of hydrogen-bond acceptors (Lipinski definition) is 2. The van der Waals surface area contributed by atoms with E-state index in [0.717, 1.165) is 6.54 Å². The van der Waals surface area contributed by atoms with Crippen LogP contribution >= 0.6 is 0 Å². The summed E-state index contributed by atoms with van der Waals surface area (Å²) in [5.41, 5.74) is 11.6. The van der Waals surface area contributed by atoms with Crippen molar-refractivity contribution < 1.29 is 0 Å². The molecule has 1 heterocycles. The van der Waals surface area contributed by atoms with Gasteiger partial charge in [0, 0.05) is 17.9 Å². The quantitative estimate of drug-likeness (QED) is 0.431. The highest BCUT2D eigenvalue weighted by Gasteiger charge is 2.27. The Morgan fingerprint density at radius 2 is 1.11 bits per heavy atom. The number of unbranched alkanes of at least 4 members (excludes halogenated alkanes) is 9. The van der Waals surface area contributed by atoms with Crippen molar-refractivity contribution in [1.82, 2.24) is 0 Å². The van der Waals surface area contributed by atoms with Gasteiger partial charge in [0.25, 0.3) is 0 Å². The van der Waals surface area contributed by atoms with Crippen LogP contribution in [0.3, 0.4) is 0 Å². The SMILES string of the molecule is CCCCCCCCCCCCN1c2ccccc2C(N)c2ccccc21. The predicted octanol–water partition coefficient (Wildman–Crippen LogP) is 7.11. The summed E-state index contributed by atoms with van der Waals surface area (Å²) in [5.74, 6) is 0. The van der Waals surface area contributed by atoms with E-state index < -0.39 is 0 Å². The fourth-order valence-corrected chi connectivity index (χ4v) is 4.29. The average Bonchev–Trinajstić information content (AvgIpc) is 2.71. The van der Waals surface area contributed by atoms with Gasteiger partial charge in [-0.15, -0.1) is 0 Å². The molecule has 0 saturated carbocycles. The third kappa shape index (κ3) is 5.13. The number of rotatable bonds is 11. The molecule has 0 atom stereocenters. The first kappa shape index (κ1) is 19.9. The molecule has 146 valence electrons. The van der Waals surface area contributed by atoms with Crippen molar-refractivity contribution in [3.63, 3.8) is 0 Å². The van der Waals surface area contributed by atoms with Gasteiger partial charge in [0.1, 0.15) is 0 Å². The molecule has 0 aliphatic carbocycles. The molecule has 1 aliphatic heterocycles. The molecular weight excluding hydrogens is 328 g/mol. The Morgan fingerprint density at radius 3 is 1.63 bits per heavy atom. The third-order valence-corrected chi connectivity index (χ3v) is 5.86. The Balaban J connectivity index is 1.49. The zero-order valence-corrected chi connectivity index (χ0v) is 17.0. The number of anilines is 2. The Labute approximate surface area is 165 Å². The van der Waals surface area contributed by atoms with Crippen LogP contribution in [0.5, 0.6) is 0 Å². The number of hydrogen-bond donors (Lipinski definition) is 1. The first-order valence-electron chi connectivity index (χ1n) is 11.0. The van der Waals surface area contributed by atoms with E-state index in [1.165, 1.54) is 86.7 Å². The van der Waals surface area contributed by atoms with E-state index in [9.17, 15) is 0 Å². The van der Waals surface area contributed by atoms with Gasteiger partial charge in [0.05, 0.1) is 6.04 Å². The summed E-state index contributed by atoms with van der Waals surface area (Å²) in [6, 6.07) is 17.3. The fraction of sp³-hybridized carbons (Fsp3) is 0.520. The van der Waals surface area contributed by atoms with E-state index in [0.29, 0.717) is 0 Å². The molecule has 2 aromatic carbocycles. The molecule has 27 heavy (non-hydrogen) atoms. The van der Waals surface area contributed by atoms with Crippen LogP contribution in [0.1, 0.15) is 88.3 Å². The Bertz CT molecular complexity index is 647. The Hall–Kier alpha value is -1.80. The van der Waals surface area contributed by atoms with Crippen molar-refractivity contribution in [2.75, 3.05) is 11.4 Å². The van der Waals surface area contributed by atoms with Crippen LogP contribution in [0.2, 0.25) is 0 Å². The van der Waals surface area contributed by atoms with Crippen LogP contribution in [-0.2, 0) is 0 Å². The highest BCUT2D eigenvalue weighted by Crippen LogP contribution is 2.42. The first-order valence-corrected chi connectivity index (χ1v) is 11.0. The molecule has 0 bridgehead atoms. The molecule has 2 heteroatoms. The van der Waals surface area contributed by atoms with Gasteiger partial charge in [-0.2, -0.15) is 0 Å². The Morgan fingerprint density at radius 1 is 0.667 bits per heavy atom. The summed E-state index contributed by atoms with van der Waals surface area (Å²) in [6.07, 6.45) is 13.8. The van der Waals surface area contributed by atoms with Crippen LogP contribution in [0.15, 0.2) is 48.5 Å². The summed E-state index contributed by atoms with van der Waals surface area (Å²) in [4.78, 5) is 2.48. The van der Waals surface area contributed by atoms with Gasteiger partial charge in [-0.3, -0.25) is 0 Å². The summed E-state index contributed by atoms with van der Waals surface area (Å²) >= 11 is 0. The maximum atomic E-state index is 6.55. The van der Waals surface area contributed by atoms with E-state index in [2.05, 4.69) is 60.4 Å². The number of para-hydroxylation sites is 2. The molecule has 3 rings (SSSR count). The Kier molecular flexibility index (Phi) is 7.77. The second-order valence-electron chi connectivity index (χ2n) is 7.93. The molecular formula is C25H36N2. The lowest BCUT2D eigenvalue weighted by atomic mass is 9.91. The number of fused-ring (bicyclic) bond motifs is 2. The van der Waals surface area contributed by atoms with Gasteiger partial charge in [-0.25, -0.2) is 0 Å². The van der Waals surface area contributed by atoms with Gasteiger partial charge in [0.15, 0.2) is 0 Å². The molecule has 0 unspecified atom stereocenters. The zero-order valence-electron chi connectivity index (χ0n) is 17.0. The van der Waals surface area contributed by atoms with Gasteiger partial charge < -0.3 is 10.6 Å². The molecule has 2 aromatic rings. The minimum atomic E-state index is -0.0126.